The molecule has 1 fully saturated rings. The molecular formula is C38H48N6O8S. The van der Waals surface area contributed by atoms with Gasteiger partial charge in [0.05, 0.1) is 29.8 Å². The van der Waals surface area contributed by atoms with E-state index in [4.69, 9.17) is 5.21 Å². The van der Waals surface area contributed by atoms with E-state index in [1.807, 2.05) is 51.1 Å². The molecule has 0 saturated carbocycles. The molecule has 2 heterocycles. The zero-order valence-corrected chi connectivity index (χ0v) is 31.4. The van der Waals surface area contributed by atoms with Crippen LogP contribution in [0.4, 0.5) is 4.79 Å². The molecule has 1 aliphatic rings. The number of hydrogen-bond donors (Lipinski definition) is 3. The fourth-order valence-electron chi connectivity index (χ4n) is 6.19. The Bertz CT molecular complexity index is 1890. The Labute approximate surface area is 310 Å². The molecule has 1 saturated heterocycles. The summed E-state index contributed by atoms with van der Waals surface area (Å²) in [5.41, 5.74) is 1.99. The van der Waals surface area contributed by atoms with Gasteiger partial charge in [0, 0.05) is 26.2 Å². The second-order valence-electron chi connectivity index (χ2n) is 13.7. The third-order valence-electron chi connectivity index (χ3n) is 9.17. The quantitative estimate of drug-likeness (QED) is 0.0573. The third-order valence-corrected chi connectivity index (χ3v) is 11.0. The van der Waals surface area contributed by atoms with Gasteiger partial charge >= 0.3 is 6.03 Å². The number of amides is 4. The molecule has 1 aromatic heterocycles. The van der Waals surface area contributed by atoms with Gasteiger partial charge in [-0.15, -0.1) is 0 Å². The molecule has 0 aliphatic carbocycles. The first kappa shape index (κ1) is 40.8. The molecule has 3 aromatic rings. The van der Waals surface area contributed by atoms with Crippen molar-refractivity contribution >= 4 is 39.9 Å². The van der Waals surface area contributed by atoms with Crippen molar-refractivity contribution in [2.75, 3.05) is 19.6 Å². The van der Waals surface area contributed by atoms with E-state index in [1.54, 1.807) is 13.0 Å². The number of carbonyl (C=O) groups is 4. The number of aromatic nitrogens is 1. The van der Waals surface area contributed by atoms with Gasteiger partial charge in [0.2, 0.25) is 15.9 Å². The summed E-state index contributed by atoms with van der Waals surface area (Å²) in [5, 5.41) is 26.5. The minimum atomic E-state index is -4.12. The number of aliphatic hydroxyl groups is 1. The summed E-state index contributed by atoms with van der Waals surface area (Å²) >= 11 is 0. The minimum Gasteiger partial charge on any atom is -0.411 e. The number of urea groups is 1. The molecule has 3 N–H and O–H groups in total. The number of aliphatic hydroxyl groups excluding tert-OH is 1. The number of benzene rings is 2. The number of nitrogens with zero attached hydrogens (tertiary/aromatic N) is 5. The van der Waals surface area contributed by atoms with Gasteiger partial charge in [0.15, 0.2) is 5.78 Å². The van der Waals surface area contributed by atoms with Crippen molar-refractivity contribution in [3.05, 3.63) is 95.3 Å². The van der Waals surface area contributed by atoms with E-state index < -0.39 is 52.0 Å². The summed E-state index contributed by atoms with van der Waals surface area (Å²) in [6.45, 7) is 7.99. The van der Waals surface area contributed by atoms with E-state index in [2.05, 4.69) is 15.5 Å². The number of sulfonamides is 1. The van der Waals surface area contributed by atoms with Gasteiger partial charge in [-0.3, -0.25) is 24.3 Å². The van der Waals surface area contributed by atoms with E-state index in [0.29, 0.717) is 17.5 Å². The molecule has 4 rings (SSSR count). The number of hydrogen-bond acceptors (Lipinski definition) is 10. The van der Waals surface area contributed by atoms with Crippen molar-refractivity contribution in [2.45, 2.75) is 77.1 Å². The molecule has 1 aliphatic heterocycles. The van der Waals surface area contributed by atoms with Crippen molar-refractivity contribution in [2.24, 2.45) is 17.0 Å². The standard InChI is InChI=1S/C38H48N6O8S/c1-6-26(4)36(44-24-35(47)43(38(44)49)22-30-16-17-39-32(19-30)27(5)45)37(48)41-33(18-28-10-8-7-9-11-28)34(46)23-42(21-25(2)3)53(51,52)31-14-12-29(13-15-31)20-40-50/h7-17,19-20,25-26,33-34,36,46,50H,6,18,21-24H2,1-5H3,(H,41,48)/b40-20+/t26-,33-,34+,36-/m0/s1. The smallest absolute Gasteiger partial charge is 0.328 e. The van der Waals surface area contributed by atoms with Gasteiger partial charge in [-0.1, -0.05) is 81.7 Å². The van der Waals surface area contributed by atoms with Gasteiger partial charge < -0.3 is 20.5 Å². The number of nitrogens with one attached hydrogen (secondary N) is 1. The number of ketones is 1. The Morgan fingerprint density at radius 2 is 1.70 bits per heavy atom. The van der Waals surface area contributed by atoms with Crippen LogP contribution in [0.5, 0.6) is 0 Å². The number of oxime groups is 1. The summed E-state index contributed by atoms with van der Waals surface area (Å²) in [6, 6.07) is 15.3. The molecule has 53 heavy (non-hydrogen) atoms. The minimum absolute atomic E-state index is 0.0213. The summed E-state index contributed by atoms with van der Waals surface area (Å²) in [5.74, 6) is -1.88. The zero-order valence-electron chi connectivity index (χ0n) is 30.6. The first-order valence-corrected chi connectivity index (χ1v) is 19.0. The molecule has 284 valence electrons. The van der Waals surface area contributed by atoms with Crippen LogP contribution in [0.25, 0.3) is 0 Å². The highest BCUT2D eigenvalue weighted by Crippen LogP contribution is 2.25. The van der Waals surface area contributed by atoms with E-state index >= 15 is 0 Å². The Balaban J connectivity index is 1.62. The highest BCUT2D eigenvalue weighted by atomic mass is 32.2. The second kappa shape index (κ2) is 18.2. The number of imide groups is 1. The summed E-state index contributed by atoms with van der Waals surface area (Å²) in [6.07, 6.45) is 1.84. The van der Waals surface area contributed by atoms with Crippen LogP contribution in [-0.4, -0.2) is 105 Å². The van der Waals surface area contributed by atoms with Crippen LogP contribution in [-0.2, 0) is 32.6 Å². The first-order valence-electron chi connectivity index (χ1n) is 17.5. The fourth-order valence-corrected chi connectivity index (χ4v) is 7.81. The van der Waals surface area contributed by atoms with E-state index in [0.717, 1.165) is 10.5 Å². The highest BCUT2D eigenvalue weighted by Gasteiger charge is 2.45. The van der Waals surface area contributed by atoms with Crippen LogP contribution < -0.4 is 5.32 Å². The van der Waals surface area contributed by atoms with E-state index in [9.17, 15) is 32.7 Å². The SMILES string of the molecule is CC[C@H](C)[C@@H](C(=O)N[C@@H](Cc1ccccc1)[C@H](O)CN(CC(C)C)S(=O)(=O)c1ccc(/C=N/O)cc1)N1CC(=O)N(Cc2ccnc(C(C)=O)c2)C1=O. The molecule has 0 bridgehead atoms. The summed E-state index contributed by atoms with van der Waals surface area (Å²) < 4.78 is 29.0. The maximum absolute atomic E-state index is 14.3. The largest absolute Gasteiger partial charge is 0.411 e. The molecule has 4 amide bonds. The topological polar surface area (TPSA) is 190 Å². The van der Waals surface area contributed by atoms with E-state index in [1.165, 1.54) is 58.9 Å². The van der Waals surface area contributed by atoms with Gasteiger partial charge in [0.1, 0.15) is 18.3 Å². The monoisotopic (exact) mass is 748 g/mol. The van der Waals surface area contributed by atoms with Crippen molar-refractivity contribution in [3.63, 3.8) is 0 Å². The van der Waals surface area contributed by atoms with Crippen LogP contribution in [0.3, 0.4) is 0 Å². The normalized spacial score (nSPS) is 16.0. The Morgan fingerprint density at radius 3 is 2.30 bits per heavy atom. The molecule has 4 atom stereocenters. The van der Waals surface area contributed by atoms with Crippen LogP contribution in [0.2, 0.25) is 0 Å². The molecule has 0 radical (unpaired) electrons. The number of rotatable bonds is 18. The molecular weight excluding hydrogens is 701 g/mol. The lowest BCUT2D eigenvalue weighted by Gasteiger charge is -2.34. The molecule has 15 heteroatoms. The molecule has 0 spiro atoms. The van der Waals surface area contributed by atoms with E-state index in [-0.39, 0.29) is 54.9 Å². The Kier molecular flexibility index (Phi) is 14.0. The van der Waals surface area contributed by atoms with Crippen molar-refractivity contribution in [3.8, 4) is 0 Å². The predicted molar refractivity (Wildman–Crippen MR) is 198 cm³/mol. The Hall–Kier alpha value is -4.99. The van der Waals surface area contributed by atoms with Crippen LogP contribution in [0, 0.1) is 11.8 Å². The molecule has 14 nitrogen and oxygen atoms in total. The van der Waals surface area contributed by atoms with Gasteiger partial charge in [-0.05, 0) is 59.2 Å². The van der Waals surface area contributed by atoms with Crippen LogP contribution in [0.15, 0.2) is 83.0 Å². The third kappa shape index (κ3) is 10.3. The van der Waals surface area contributed by atoms with Gasteiger partial charge in [-0.2, -0.15) is 4.31 Å². The van der Waals surface area contributed by atoms with Crippen molar-refractivity contribution < 1.29 is 37.9 Å². The van der Waals surface area contributed by atoms with Gasteiger partial charge in [-0.25, -0.2) is 13.2 Å². The lowest BCUT2D eigenvalue weighted by Crippen LogP contribution is -2.57. The fraction of sp³-hybridized carbons (Fsp3) is 0.421. The average molecular weight is 749 g/mol. The second-order valence-corrected chi connectivity index (χ2v) is 15.7. The summed E-state index contributed by atoms with van der Waals surface area (Å²) in [7, 11) is -4.12. The summed E-state index contributed by atoms with van der Waals surface area (Å²) in [4.78, 5) is 59.4. The maximum Gasteiger partial charge on any atom is 0.328 e. The average Bonchev–Trinajstić information content (AvgIpc) is 3.39. The molecule has 2 aromatic carbocycles. The zero-order chi connectivity index (χ0) is 38.9. The van der Waals surface area contributed by atoms with Crippen LogP contribution >= 0.6 is 0 Å². The van der Waals surface area contributed by atoms with Gasteiger partial charge in [0.25, 0.3) is 5.91 Å². The number of carbonyl (C=O) groups excluding carboxylic acids is 4. The Morgan fingerprint density at radius 1 is 1.02 bits per heavy atom. The predicted octanol–water partition coefficient (Wildman–Crippen LogP) is 3.71. The first-order chi connectivity index (χ1) is 25.2. The molecule has 0 unspecified atom stereocenters. The van der Waals surface area contributed by atoms with Crippen LogP contribution in [0.1, 0.15) is 68.2 Å². The number of pyridine rings is 1. The lowest BCUT2D eigenvalue weighted by atomic mass is 9.95. The number of Topliss-reactive ketones (excluding diaryl/α,β-unsaturated/α-hetero) is 1. The van der Waals surface area contributed by atoms with Crippen molar-refractivity contribution in [1.29, 1.82) is 0 Å². The van der Waals surface area contributed by atoms with Crippen molar-refractivity contribution in [1.82, 2.24) is 24.4 Å². The highest BCUT2D eigenvalue weighted by molar-refractivity contribution is 7.89. The maximum atomic E-state index is 14.3. The lowest BCUT2D eigenvalue weighted by molar-refractivity contribution is -0.129.